The highest BCUT2D eigenvalue weighted by Crippen LogP contribution is 2.57. The largest absolute Gasteiger partial charge is 0.377 e. The standard InChI is InChI=1S/C25H31N5O5S/c1-16-13-34-11-10-30(16)22-12-21(25(8-9-25)36(32,33)20-6-7-20)28-23(29-22)17-2-4-18(5-3-17)26-24(31)27-19-14-35-15-19/h2-5,12,16,19-20H,6-11,13-15H2,1H3,(H2,26,27,31)/t16-/m0/s1. The van der Waals surface area contributed by atoms with Crippen LogP contribution in [0.3, 0.4) is 0 Å². The van der Waals surface area contributed by atoms with Crippen molar-refractivity contribution < 1.29 is 22.7 Å². The zero-order valence-electron chi connectivity index (χ0n) is 20.3. The molecular weight excluding hydrogens is 482 g/mol. The Morgan fingerprint density at radius 1 is 1.08 bits per heavy atom. The Labute approximate surface area is 210 Å². The van der Waals surface area contributed by atoms with Crippen molar-refractivity contribution in [2.75, 3.05) is 43.2 Å². The van der Waals surface area contributed by atoms with E-state index in [4.69, 9.17) is 19.4 Å². The fourth-order valence-corrected chi connectivity index (χ4v) is 7.35. The van der Waals surface area contributed by atoms with E-state index in [2.05, 4.69) is 22.5 Å². The predicted molar refractivity (Wildman–Crippen MR) is 135 cm³/mol. The van der Waals surface area contributed by atoms with Crippen molar-refractivity contribution in [1.29, 1.82) is 0 Å². The van der Waals surface area contributed by atoms with Gasteiger partial charge in [-0.05, 0) is 56.9 Å². The number of ether oxygens (including phenoxy) is 2. The summed E-state index contributed by atoms with van der Waals surface area (Å²) in [7, 11) is -3.29. The highest BCUT2D eigenvalue weighted by Gasteiger charge is 2.61. The fraction of sp³-hybridized carbons (Fsp3) is 0.560. The van der Waals surface area contributed by atoms with E-state index in [0.29, 0.717) is 63.0 Å². The summed E-state index contributed by atoms with van der Waals surface area (Å²) in [6.45, 7) is 5.01. The minimum Gasteiger partial charge on any atom is -0.377 e. The fourth-order valence-electron chi connectivity index (χ4n) is 4.88. The van der Waals surface area contributed by atoms with E-state index in [0.717, 1.165) is 24.2 Å². The summed E-state index contributed by atoms with van der Waals surface area (Å²) in [5.74, 6) is 1.22. The molecule has 3 heterocycles. The number of sulfone groups is 1. The predicted octanol–water partition coefficient (Wildman–Crippen LogP) is 2.46. The average Bonchev–Trinajstić information content (AvgIpc) is 3.75. The first-order chi connectivity index (χ1) is 17.4. The van der Waals surface area contributed by atoms with E-state index in [1.807, 2.05) is 18.2 Å². The lowest BCUT2D eigenvalue weighted by Crippen LogP contribution is -2.49. The molecule has 10 nitrogen and oxygen atoms in total. The maximum atomic E-state index is 13.4. The number of nitrogens with one attached hydrogen (secondary N) is 2. The van der Waals surface area contributed by atoms with Crippen LogP contribution in [0, 0.1) is 0 Å². The molecule has 2 saturated carbocycles. The number of carbonyl (C=O) groups is 1. The number of morpholine rings is 1. The number of amides is 2. The summed E-state index contributed by atoms with van der Waals surface area (Å²) < 4.78 is 36.5. The van der Waals surface area contributed by atoms with Crippen LogP contribution in [0.25, 0.3) is 11.4 Å². The van der Waals surface area contributed by atoms with Crippen LogP contribution in [-0.2, 0) is 24.1 Å². The molecule has 2 aliphatic heterocycles. The smallest absolute Gasteiger partial charge is 0.319 e. The molecule has 6 rings (SSSR count). The Morgan fingerprint density at radius 3 is 2.44 bits per heavy atom. The molecular formula is C25H31N5O5S. The maximum Gasteiger partial charge on any atom is 0.319 e. The first kappa shape index (κ1) is 23.6. The Hall–Kier alpha value is -2.76. The van der Waals surface area contributed by atoms with Crippen molar-refractivity contribution in [2.24, 2.45) is 0 Å². The number of hydrogen-bond acceptors (Lipinski definition) is 8. The van der Waals surface area contributed by atoms with E-state index in [1.54, 1.807) is 12.1 Å². The second-order valence-electron chi connectivity index (χ2n) is 10.2. The third kappa shape index (κ3) is 4.33. The first-order valence-corrected chi connectivity index (χ1v) is 14.1. The molecule has 2 saturated heterocycles. The molecule has 2 amide bonds. The molecule has 1 atom stereocenters. The lowest BCUT2D eigenvalue weighted by atomic mass is 10.1. The molecule has 0 spiro atoms. The van der Waals surface area contributed by atoms with Gasteiger partial charge in [0.15, 0.2) is 15.7 Å². The number of urea groups is 1. The van der Waals surface area contributed by atoms with Crippen LogP contribution in [-0.4, -0.2) is 74.7 Å². The van der Waals surface area contributed by atoms with E-state index in [1.165, 1.54) is 0 Å². The number of anilines is 2. The molecule has 1 aromatic carbocycles. The Bertz CT molecular complexity index is 1260. The quantitative estimate of drug-likeness (QED) is 0.579. The van der Waals surface area contributed by atoms with Crippen LogP contribution in [0.5, 0.6) is 0 Å². The van der Waals surface area contributed by atoms with Gasteiger partial charge in [-0.15, -0.1) is 0 Å². The van der Waals surface area contributed by atoms with Gasteiger partial charge in [-0.25, -0.2) is 23.2 Å². The summed E-state index contributed by atoms with van der Waals surface area (Å²) in [4.78, 5) is 24.0. The second kappa shape index (κ2) is 8.97. The topological polar surface area (TPSA) is 123 Å². The number of hydrogen-bond donors (Lipinski definition) is 2. The van der Waals surface area contributed by atoms with Gasteiger partial charge in [0.05, 0.1) is 49.5 Å². The van der Waals surface area contributed by atoms with Gasteiger partial charge in [-0.2, -0.15) is 0 Å². The van der Waals surface area contributed by atoms with E-state index in [9.17, 15) is 13.2 Å². The van der Waals surface area contributed by atoms with E-state index >= 15 is 0 Å². The third-order valence-corrected chi connectivity index (χ3v) is 10.5. The number of carbonyl (C=O) groups excluding carboxylic acids is 1. The first-order valence-electron chi connectivity index (χ1n) is 12.6. The highest BCUT2D eigenvalue weighted by atomic mass is 32.2. The summed E-state index contributed by atoms with van der Waals surface area (Å²) in [5.41, 5.74) is 2.00. The van der Waals surface area contributed by atoms with Gasteiger partial charge in [0.2, 0.25) is 0 Å². The lowest BCUT2D eigenvalue weighted by Gasteiger charge is -2.34. The van der Waals surface area contributed by atoms with Crippen molar-refractivity contribution in [3.05, 3.63) is 36.0 Å². The maximum absolute atomic E-state index is 13.4. The normalized spacial score (nSPS) is 23.6. The molecule has 0 radical (unpaired) electrons. The minimum atomic E-state index is -3.29. The molecule has 4 fully saturated rings. The van der Waals surface area contributed by atoms with Crippen LogP contribution in [0.4, 0.5) is 16.3 Å². The van der Waals surface area contributed by atoms with Crippen LogP contribution >= 0.6 is 0 Å². The van der Waals surface area contributed by atoms with E-state index in [-0.39, 0.29) is 23.4 Å². The van der Waals surface area contributed by atoms with Crippen molar-refractivity contribution in [3.8, 4) is 11.4 Å². The minimum absolute atomic E-state index is 0.0445. The van der Waals surface area contributed by atoms with Crippen LogP contribution in [0.15, 0.2) is 30.3 Å². The average molecular weight is 514 g/mol. The monoisotopic (exact) mass is 513 g/mol. The number of nitrogens with zero attached hydrogens (tertiary/aromatic N) is 3. The summed E-state index contributed by atoms with van der Waals surface area (Å²) in [6, 6.07) is 9.06. The Kier molecular flexibility index (Phi) is 5.88. The zero-order chi connectivity index (χ0) is 24.9. The SMILES string of the molecule is C[C@H]1COCCN1c1cc(C2(S(=O)(=O)C3CC3)CC2)nc(-c2ccc(NC(=O)NC3COC3)cc2)n1. The zero-order valence-corrected chi connectivity index (χ0v) is 21.1. The summed E-state index contributed by atoms with van der Waals surface area (Å²) >= 11 is 0. The van der Waals surface area contributed by atoms with Crippen molar-refractivity contribution in [2.45, 2.75) is 54.7 Å². The molecule has 0 unspecified atom stereocenters. The van der Waals surface area contributed by atoms with Gasteiger partial charge in [-0.1, -0.05) is 0 Å². The molecule has 4 aliphatic rings. The van der Waals surface area contributed by atoms with Crippen LogP contribution < -0.4 is 15.5 Å². The number of benzene rings is 1. The van der Waals surface area contributed by atoms with Gasteiger partial charge >= 0.3 is 6.03 Å². The Morgan fingerprint density at radius 2 is 1.83 bits per heavy atom. The van der Waals surface area contributed by atoms with Crippen LogP contribution in [0.2, 0.25) is 0 Å². The molecule has 2 aliphatic carbocycles. The molecule has 1 aromatic heterocycles. The van der Waals surface area contributed by atoms with E-state index < -0.39 is 14.6 Å². The van der Waals surface area contributed by atoms with Gasteiger partial charge in [0.25, 0.3) is 0 Å². The third-order valence-electron chi connectivity index (χ3n) is 7.43. The van der Waals surface area contributed by atoms with Crippen molar-refractivity contribution >= 4 is 27.4 Å². The van der Waals surface area contributed by atoms with Gasteiger partial charge in [-0.3, -0.25) is 0 Å². The second-order valence-corrected chi connectivity index (χ2v) is 12.7. The molecule has 192 valence electrons. The molecule has 0 bridgehead atoms. The summed E-state index contributed by atoms with van der Waals surface area (Å²) in [6.07, 6.45) is 2.69. The van der Waals surface area contributed by atoms with Crippen LogP contribution in [0.1, 0.15) is 38.3 Å². The van der Waals surface area contributed by atoms with Gasteiger partial charge in [0.1, 0.15) is 10.6 Å². The molecule has 11 heteroatoms. The molecule has 36 heavy (non-hydrogen) atoms. The van der Waals surface area contributed by atoms with Crippen molar-refractivity contribution in [1.82, 2.24) is 15.3 Å². The Balaban J connectivity index is 1.31. The van der Waals surface area contributed by atoms with Gasteiger partial charge < -0.3 is 25.0 Å². The lowest BCUT2D eigenvalue weighted by molar-refractivity contribution is 0.000735. The molecule has 2 N–H and O–H groups in total. The van der Waals surface area contributed by atoms with Crippen molar-refractivity contribution in [3.63, 3.8) is 0 Å². The molecule has 2 aromatic rings. The van der Waals surface area contributed by atoms with Gasteiger partial charge in [0, 0.05) is 23.9 Å². The summed E-state index contributed by atoms with van der Waals surface area (Å²) in [5, 5.41) is 5.43. The number of rotatable bonds is 7. The highest BCUT2D eigenvalue weighted by molar-refractivity contribution is 7.93. The number of aromatic nitrogens is 2.